The van der Waals surface area contributed by atoms with Gasteiger partial charge in [0.05, 0.1) is 6.42 Å². The minimum absolute atomic E-state index is 0.0188. The highest BCUT2D eigenvalue weighted by molar-refractivity contribution is 5.77. The molecule has 0 aromatic rings. The lowest BCUT2D eigenvalue weighted by atomic mass is 9.98. The fraction of sp³-hybridized carbons (Fsp3) is 0.846. The first-order valence-corrected chi connectivity index (χ1v) is 6.70. The van der Waals surface area contributed by atoms with E-state index in [0.717, 1.165) is 19.4 Å². The van der Waals surface area contributed by atoms with Gasteiger partial charge in [0.25, 0.3) is 0 Å². The lowest BCUT2D eigenvalue weighted by Gasteiger charge is -2.32. The van der Waals surface area contributed by atoms with Crippen molar-refractivity contribution >= 4 is 11.9 Å². The molecule has 0 aliphatic carbocycles. The molecule has 104 valence electrons. The van der Waals surface area contributed by atoms with Crippen LogP contribution in [0.2, 0.25) is 0 Å². The van der Waals surface area contributed by atoms with Crippen LogP contribution in [-0.4, -0.2) is 47.6 Å². The van der Waals surface area contributed by atoms with Gasteiger partial charge in [-0.2, -0.15) is 0 Å². The lowest BCUT2D eigenvalue weighted by molar-refractivity contribution is -0.137. The van der Waals surface area contributed by atoms with E-state index in [1.54, 1.807) is 6.92 Å². The largest absolute Gasteiger partial charge is 0.481 e. The van der Waals surface area contributed by atoms with Crippen LogP contribution in [0.3, 0.4) is 0 Å². The average molecular weight is 256 g/mol. The molecular formula is C13H24N2O3. The van der Waals surface area contributed by atoms with Gasteiger partial charge in [0.1, 0.15) is 0 Å². The number of aliphatic carboxylic acids is 1. The Labute approximate surface area is 109 Å². The maximum absolute atomic E-state index is 11.7. The Kier molecular flexibility index (Phi) is 6.12. The lowest BCUT2D eigenvalue weighted by Crippen LogP contribution is -2.38. The molecule has 1 aliphatic heterocycles. The van der Waals surface area contributed by atoms with Gasteiger partial charge in [-0.05, 0) is 39.8 Å². The fourth-order valence-corrected chi connectivity index (χ4v) is 2.47. The number of carbonyl (C=O) groups excluding carboxylic acids is 1. The normalized spacial score (nSPS) is 22.4. The third-order valence-corrected chi connectivity index (χ3v) is 3.51. The van der Waals surface area contributed by atoms with Crippen molar-refractivity contribution < 1.29 is 14.7 Å². The summed E-state index contributed by atoms with van der Waals surface area (Å²) in [4.78, 5) is 24.5. The van der Waals surface area contributed by atoms with E-state index in [2.05, 4.69) is 17.3 Å². The molecule has 2 N–H and O–H groups in total. The number of carboxylic acids is 1. The fourth-order valence-electron chi connectivity index (χ4n) is 2.47. The highest BCUT2D eigenvalue weighted by Gasteiger charge is 2.20. The molecule has 1 heterocycles. The van der Waals surface area contributed by atoms with Crippen molar-refractivity contribution in [1.29, 1.82) is 0 Å². The van der Waals surface area contributed by atoms with Crippen LogP contribution in [0.1, 0.15) is 45.4 Å². The quantitative estimate of drug-likeness (QED) is 0.750. The molecule has 2 atom stereocenters. The van der Waals surface area contributed by atoms with Crippen LogP contribution in [0.4, 0.5) is 0 Å². The predicted octanol–water partition coefficient (Wildman–Crippen LogP) is 1.23. The van der Waals surface area contributed by atoms with Crippen molar-refractivity contribution in [2.24, 2.45) is 0 Å². The Bertz CT molecular complexity index is 294. The number of amides is 1. The van der Waals surface area contributed by atoms with Crippen molar-refractivity contribution in [2.75, 3.05) is 13.6 Å². The van der Waals surface area contributed by atoms with Crippen molar-refractivity contribution in [3.8, 4) is 0 Å². The summed E-state index contributed by atoms with van der Waals surface area (Å²) in [6, 6.07) is 0.207. The Balaban J connectivity index is 2.21. The van der Waals surface area contributed by atoms with E-state index >= 15 is 0 Å². The SMILES string of the molecule is CC(CC(=O)O)NC(=O)CCC1CCCCN1C. The minimum Gasteiger partial charge on any atom is -0.481 e. The summed E-state index contributed by atoms with van der Waals surface area (Å²) in [6.07, 6.45) is 4.98. The van der Waals surface area contributed by atoms with Crippen molar-refractivity contribution in [2.45, 2.75) is 57.5 Å². The molecule has 2 unspecified atom stereocenters. The van der Waals surface area contributed by atoms with Gasteiger partial charge in [-0.25, -0.2) is 0 Å². The molecule has 0 aromatic carbocycles. The maximum Gasteiger partial charge on any atom is 0.305 e. The highest BCUT2D eigenvalue weighted by Crippen LogP contribution is 2.18. The highest BCUT2D eigenvalue weighted by atomic mass is 16.4. The van der Waals surface area contributed by atoms with E-state index < -0.39 is 5.97 Å². The number of carboxylic acid groups (broad SMARTS) is 1. The van der Waals surface area contributed by atoms with Crippen LogP contribution in [0.5, 0.6) is 0 Å². The summed E-state index contributed by atoms with van der Waals surface area (Å²) in [5, 5.41) is 11.3. The predicted molar refractivity (Wildman–Crippen MR) is 69.4 cm³/mol. The first-order chi connectivity index (χ1) is 8.49. The van der Waals surface area contributed by atoms with Gasteiger partial charge in [-0.1, -0.05) is 6.42 Å². The van der Waals surface area contributed by atoms with Crippen LogP contribution in [0, 0.1) is 0 Å². The zero-order chi connectivity index (χ0) is 13.5. The Hall–Kier alpha value is -1.10. The van der Waals surface area contributed by atoms with Gasteiger partial charge < -0.3 is 15.3 Å². The Morgan fingerprint density at radius 2 is 2.17 bits per heavy atom. The molecule has 1 rings (SSSR count). The van der Waals surface area contributed by atoms with E-state index in [9.17, 15) is 9.59 Å². The molecule has 0 radical (unpaired) electrons. The maximum atomic E-state index is 11.7. The second kappa shape index (κ2) is 7.36. The van der Waals surface area contributed by atoms with Crippen LogP contribution < -0.4 is 5.32 Å². The molecule has 0 aromatic heterocycles. The number of hydrogen-bond donors (Lipinski definition) is 2. The first-order valence-electron chi connectivity index (χ1n) is 6.70. The number of nitrogens with zero attached hydrogens (tertiary/aromatic N) is 1. The summed E-state index contributed by atoms with van der Waals surface area (Å²) in [6.45, 7) is 2.83. The van der Waals surface area contributed by atoms with Crippen LogP contribution in [-0.2, 0) is 9.59 Å². The first kappa shape index (κ1) is 15.0. The topological polar surface area (TPSA) is 69.6 Å². The Morgan fingerprint density at radius 1 is 1.44 bits per heavy atom. The molecular weight excluding hydrogens is 232 g/mol. The van der Waals surface area contributed by atoms with Crippen LogP contribution in [0.25, 0.3) is 0 Å². The second-order valence-corrected chi connectivity index (χ2v) is 5.24. The zero-order valence-electron chi connectivity index (χ0n) is 11.3. The summed E-state index contributed by atoms with van der Waals surface area (Å²) in [5.41, 5.74) is 0. The summed E-state index contributed by atoms with van der Waals surface area (Å²) >= 11 is 0. The van der Waals surface area contributed by atoms with Gasteiger partial charge in [0, 0.05) is 18.5 Å². The van der Waals surface area contributed by atoms with E-state index in [1.807, 2.05) is 0 Å². The smallest absolute Gasteiger partial charge is 0.305 e. The number of nitrogens with one attached hydrogen (secondary N) is 1. The van der Waals surface area contributed by atoms with Gasteiger partial charge in [0.2, 0.25) is 5.91 Å². The van der Waals surface area contributed by atoms with Gasteiger partial charge in [-0.15, -0.1) is 0 Å². The number of piperidine rings is 1. The van der Waals surface area contributed by atoms with E-state index in [4.69, 9.17) is 5.11 Å². The number of likely N-dealkylation sites (tertiary alicyclic amines) is 1. The standard InChI is InChI=1S/C13H24N2O3/c1-10(9-13(17)18)14-12(16)7-6-11-5-3-4-8-15(11)2/h10-11H,3-9H2,1-2H3,(H,14,16)(H,17,18). The molecule has 1 amide bonds. The van der Waals surface area contributed by atoms with Crippen molar-refractivity contribution in [1.82, 2.24) is 10.2 Å². The van der Waals surface area contributed by atoms with Gasteiger partial charge in [0.15, 0.2) is 0 Å². The van der Waals surface area contributed by atoms with Crippen molar-refractivity contribution in [3.05, 3.63) is 0 Å². The van der Waals surface area contributed by atoms with Crippen LogP contribution in [0.15, 0.2) is 0 Å². The third kappa shape index (κ3) is 5.49. The number of carbonyl (C=O) groups is 2. The number of rotatable bonds is 6. The van der Waals surface area contributed by atoms with Crippen LogP contribution >= 0.6 is 0 Å². The van der Waals surface area contributed by atoms with E-state index in [-0.39, 0.29) is 18.4 Å². The molecule has 0 bridgehead atoms. The molecule has 1 fully saturated rings. The molecule has 1 aliphatic rings. The molecule has 0 spiro atoms. The molecule has 1 saturated heterocycles. The third-order valence-electron chi connectivity index (χ3n) is 3.51. The molecule has 18 heavy (non-hydrogen) atoms. The monoisotopic (exact) mass is 256 g/mol. The molecule has 0 saturated carbocycles. The van der Waals surface area contributed by atoms with Gasteiger partial charge >= 0.3 is 5.97 Å². The zero-order valence-corrected chi connectivity index (χ0v) is 11.3. The number of hydrogen-bond acceptors (Lipinski definition) is 3. The van der Waals surface area contributed by atoms with Gasteiger partial charge in [-0.3, -0.25) is 9.59 Å². The molecule has 5 nitrogen and oxygen atoms in total. The second-order valence-electron chi connectivity index (χ2n) is 5.24. The minimum atomic E-state index is -0.880. The average Bonchev–Trinajstić information content (AvgIpc) is 2.26. The van der Waals surface area contributed by atoms with E-state index in [0.29, 0.717) is 12.5 Å². The summed E-state index contributed by atoms with van der Waals surface area (Å²) in [7, 11) is 2.11. The van der Waals surface area contributed by atoms with Crippen molar-refractivity contribution in [3.63, 3.8) is 0 Å². The summed E-state index contributed by atoms with van der Waals surface area (Å²) < 4.78 is 0. The Morgan fingerprint density at radius 3 is 2.78 bits per heavy atom. The molecule has 5 heteroatoms. The summed E-state index contributed by atoms with van der Waals surface area (Å²) in [5.74, 6) is -0.919. The van der Waals surface area contributed by atoms with E-state index in [1.165, 1.54) is 12.8 Å².